The monoisotopic (exact) mass is 455 g/mol. The molecule has 3 heterocycles. The van der Waals surface area contributed by atoms with Crippen LogP contribution in [0.3, 0.4) is 0 Å². The van der Waals surface area contributed by atoms with Gasteiger partial charge < -0.3 is 10.1 Å². The van der Waals surface area contributed by atoms with Crippen LogP contribution in [0.2, 0.25) is 0 Å². The zero-order valence-electron chi connectivity index (χ0n) is 16.7. The zero-order chi connectivity index (χ0) is 21.1. The van der Waals surface area contributed by atoms with E-state index in [1.807, 2.05) is 41.1 Å². The molecule has 0 bridgehead atoms. The minimum Gasteiger partial charge on any atom is -0.462 e. The summed E-state index contributed by atoms with van der Waals surface area (Å²) >= 11 is 4.41. The van der Waals surface area contributed by atoms with Crippen molar-refractivity contribution in [2.45, 2.75) is 26.7 Å². The third-order valence-electron chi connectivity index (χ3n) is 4.69. The minimum absolute atomic E-state index is 0.176. The molecule has 0 spiro atoms. The Hall–Kier alpha value is -2.48. The summed E-state index contributed by atoms with van der Waals surface area (Å²) in [5, 5.41) is 8.54. The molecule has 0 saturated carbocycles. The molecule has 0 saturated heterocycles. The Balaban J connectivity index is 1.73. The number of benzene rings is 1. The molecule has 0 unspecified atom stereocenters. The summed E-state index contributed by atoms with van der Waals surface area (Å²) in [6.45, 7) is 4.17. The molecule has 4 rings (SSSR count). The van der Waals surface area contributed by atoms with Gasteiger partial charge in [0.25, 0.3) is 5.91 Å². The number of hydrogen-bond donors (Lipinski definition) is 1. The normalized spacial score (nSPS) is 11.0. The summed E-state index contributed by atoms with van der Waals surface area (Å²) in [5.74, 6) is -0.590. The van der Waals surface area contributed by atoms with Crippen LogP contribution in [-0.4, -0.2) is 18.5 Å². The summed E-state index contributed by atoms with van der Waals surface area (Å²) < 4.78 is 6.39. The Bertz CT molecular complexity index is 1190. The molecule has 154 valence electrons. The van der Waals surface area contributed by atoms with E-state index in [1.165, 1.54) is 22.7 Å². The number of thiophene rings is 3. The first-order valence-corrected chi connectivity index (χ1v) is 12.4. The molecular formula is C23H21NO3S3. The van der Waals surface area contributed by atoms with Crippen LogP contribution in [-0.2, 0) is 11.2 Å². The van der Waals surface area contributed by atoms with Gasteiger partial charge in [0, 0.05) is 20.5 Å². The van der Waals surface area contributed by atoms with Crippen molar-refractivity contribution in [3.05, 3.63) is 63.2 Å². The highest BCUT2D eigenvalue weighted by molar-refractivity contribution is 7.21. The van der Waals surface area contributed by atoms with E-state index in [1.54, 1.807) is 18.3 Å². The summed E-state index contributed by atoms with van der Waals surface area (Å²) in [5.41, 5.74) is 2.30. The SMILES string of the molecule is CCCc1c(C(=O)Nc2scc(-c3cccs3)c2C(=O)OCC)sc2ccccc12. The number of hydrogen-bond acceptors (Lipinski definition) is 6. The highest BCUT2D eigenvalue weighted by Gasteiger charge is 2.25. The minimum atomic E-state index is -0.414. The van der Waals surface area contributed by atoms with E-state index in [4.69, 9.17) is 4.74 Å². The average molecular weight is 456 g/mol. The maximum atomic E-state index is 13.3. The number of ether oxygens (including phenoxy) is 1. The van der Waals surface area contributed by atoms with Gasteiger partial charge in [-0.1, -0.05) is 37.6 Å². The highest BCUT2D eigenvalue weighted by Crippen LogP contribution is 2.39. The van der Waals surface area contributed by atoms with Crippen LogP contribution in [0.4, 0.5) is 5.00 Å². The first-order valence-electron chi connectivity index (χ1n) is 9.78. The van der Waals surface area contributed by atoms with Crippen molar-refractivity contribution in [2.24, 2.45) is 0 Å². The smallest absolute Gasteiger partial charge is 0.341 e. The lowest BCUT2D eigenvalue weighted by molar-refractivity contribution is 0.0529. The van der Waals surface area contributed by atoms with Crippen molar-refractivity contribution in [1.29, 1.82) is 0 Å². The lowest BCUT2D eigenvalue weighted by atomic mass is 10.1. The van der Waals surface area contributed by atoms with Gasteiger partial charge in [-0.2, -0.15) is 0 Å². The van der Waals surface area contributed by atoms with Gasteiger partial charge in [0.05, 0.1) is 11.5 Å². The lowest BCUT2D eigenvalue weighted by Crippen LogP contribution is -2.15. The van der Waals surface area contributed by atoms with Crippen LogP contribution in [0, 0.1) is 0 Å². The van der Waals surface area contributed by atoms with Crippen molar-refractivity contribution in [1.82, 2.24) is 0 Å². The fraction of sp³-hybridized carbons (Fsp3) is 0.217. The number of rotatable bonds is 7. The molecule has 1 amide bonds. The van der Waals surface area contributed by atoms with Crippen LogP contribution in [0.5, 0.6) is 0 Å². The molecule has 4 aromatic rings. The van der Waals surface area contributed by atoms with Crippen molar-refractivity contribution < 1.29 is 14.3 Å². The molecule has 0 fully saturated rings. The molecule has 30 heavy (non-hydrogen) atoms. The molecule has 3 aromatic heterocycles. The van der Waals surface area contributed by atoms with Crippen molar-refractivity contribution in [3.8, 4) is 10.4 Å². The second-order valence-electron chi connectivity index (χ2n) is 6.66. The third-order valence-corrected chi connectivity index (χ3v) is 7.70. The highest BCUT2D eigenvalue weighted by atomic mass is 32.1. The maximum absolute atomic E-state index is 13.3. The predicted molar refractivity (Wildman–Crippen MR) is 127 cm³/mol. The number of esters is 1. The van der Waals surface area contributed by atoms with Crippen molar-refractivity contribution in [3.63, 3.8) is 0 Å². The quantitative estimate of drug-likeness (QED) is 0.303. The number of fused-ring (bicyclic) bond motifs is 1. The van der Waals surface area contributed by atoms with E-state index < -0.39 is 5.97 Å². The molecule has 0 atom stereocenters. The second kappa shape index (κ2) is 9.12. The standard InChI is InChI=1S/C23H21NO3S3/c1-3-8-15-14-9-5-6-10-18(14)30-20(15)21(25)24-22-19(23(26)27-4-2)16(13-29-22)17-11-7-12-28-17/h5-7,9-13H,3-4,8H2,1-2H3,(H,24,25). The Kier molecular flexibility index (Phi) is 6.32. The van der Waals surface area contributed by atoms with Crippen LogP contribution in [0.15, 0.2) is 47.2 Å². The number of carbonyl (C=O) groups excluding carboxylic acids is 2. The van der Waals surface area contributed by atoms with Gasteiger partial charge in [0.15, 0.2) is 0 Å². The van der Waals surface area contributed by atoms with Crippen molar-refractivity contribution >= 4 is 61.0 Å². The van der Waals surface area contributed by atoms with Gasteiger partial charge in [0.1, 0.15) is 10.6 Å². The summed E-state index contributed by atoms with van der Waals surface area (Å²) in [7, 11) is 0. The Morgan fingerprint density at radius 3 is 2.63 bits per heavy atom. The molecular weight excluding hydrogens is 434 g/mol. The molecule has 0 aliphatic carbocycles. The van der Waals surface area contributed by atoms with Gasteiger partial charge >= 0.3 is 5.97 Å². The molecule has 0 aliphatic rings. The topological polar surface area (TPSA) is 55.4 Å². The molecule has 4 nitrogen and oxygen atoms in total. The fourth-order valence-corrected chi connectivity index (χ4v) is 6.32. The summed E-state index contributed by atoms with van der Waals surface area (Å²) in [6.07, 6.45) is 1.79. The van der Waals surface area contributed by atoms with Crippen LogP contribution < -0.4 is 5.32 Å². The van der Waals surface area contributed by atoms with E-state index in [0.717, 1.165) is 38.9 Å². The van der Waals surface area contributed by atoms with Crippen LogP contribution in [0.25, 0.3) is 20.5 Å². The number of nitrogens with one attached hydrogen (secondary N) is 1. The third kappa shape index (κ3) is 3.93. The van der Waals surface area contributed by atoms with Gasteiger partial charge in [0.2, 0.25) is 0 Å². The molecule has 7 heteroatoms. The first kappa shape index (κ1) is 20.8. The lowest BCUT2D eigenvalue weighted by Gasteiger charge is -2.08. The maximum Gasteiger partial charge on any atom is 0.341 e. The number of carbonyl (C=O) groups is 2. The van der Waals surface area contributed by atoms with Crippen molar-refractivity contribution in [2.75, 3.05) is 11.9 Å². The van der Waals surface area contributed by atoms with Gasteiger partial charge in [-0.25, -0.2) is 4.79 Å². The van der Waals surface area contributed by atoms with E-state index >= 15 is 0 Å². The molecule has 1 N–H and O–H groups in total. The van der Waals surface area contributed by atoms with Gasteiger partial charge in [-0.05, 0) is 41.8 Å². The summed E-state index contributed by atoms with van der Waals surface area (Å²) in [4.78, 5) is 27.7. The summed E-state index contributed by atoms with van der Waals surface area (Å²) in [6, 6.07) is 12.0. The van der Waals surface area contributed by atoms with Gasteiger partial charge in [-0.3, -0.25) is 4.79 Å². The molecule has 1 aromatic carbocycles. The zero-order valence-corrected chi connectivity index (χ0v) is 19.1. The van der Waals surface area contributed by atoms with E-state index in [9.17, 15) is 9.59 Å². The fourth-order valence-electron chi connectivity index (χ4n) is 3.41. The first-order chi connectivity index (χ1) is 14.6. The number of amides is 1. The molecule has 0 radical (unpaired) electrons. The second-order valence-corrected chi connectivity index (χ2v) is 9.54. The van der Waals surface area contributed by atoms with E-state index in [-0.39, 0.29) is 12.5 Å². The van der Waals surface area contributed by atoms with Crippen LogP contribution >= 0.6 is 34.0 Å². The molecule has 0 aliphatic heterocycles. The van der Waals surface area contributed by atoms with Crippen LogP contribution in [0.1, 0.15) is 45.9 Å². The Morgan fingerprint density at radius 1 is 1.07 bits per heavy atom. The number of anilines is 1. The number of aryl methyl sites for hydroxylation is 1. The predicted octanol–water partition coefficient (Wildman–Crippen LogP) is 7.07. The average Bonchev–Trinajstić information content (AvgIpc) is 3.47. The Labute approximate surface area is 187 Å². The van der Waals surface area contributed by atoms with Gasteiger partial charge in [-0.15, -0.1) is 34.0 Å². The largest absolute Gasteiger partial charge is 0.462 e. The Morgan fingerprint density at radius 2 is 1.90 bits per heavy atom. The van der Waals surface area contributed by atoms with E-state index in [0.29, 0.717) is 15.4 Å². The van der Waals surface area contributed by atoms with E-state index in [2.05, 4.69) is 18.3 Å².